The number of rotatable bonds is 4. The summed E-state index contributed by atoms with van der Waals surface area (Å²) >= 11 is 11.5. The van der Waals surface area contributed by atoms with Gasteiger partial charge in [0.1, 0.15) is 5.82 Å². The maximum Gasteiger partial charge on any atom is 0.241 e. The predicted octanol–water partition coefficient (Wildman–Crippen LogP) is 7.00. The monoisotopic (exact) mass is 818 g/mol. The van der Waals surface area contributed by atoms with E-state index < -0.39 is 52.6 Å². The van der Waals surface area contributed by atoms with Gasteiger partial charge in [-0.15, -0.1) is 0 Å². The van der Waals surface area contributed by atoms with E-state index in [9.17, 15) is 28.7 Å². The molecule has 6 unspecified atom stereocenters. The smallest absolute Gasteiger partial charge is 0.241 e. The molecule has 2 aliphatic heterocycles. The fourth-order valence-electron chi connectivity index (χ4n) is 8.03. The molecule has 0 radical (unpaired) electrons. The average molecular weight is 820 g/mol. The minimum Gasteiger partial charge on any atom is -0.504 e. The van der Waals surface area contributed by atoms with Crippen LogP contribution in [0.25, 0.3) is 0 Å². The molecule has 0 spiro atoms. The molecule has 2 saturated heterocycles. The number of allylic oxidation sites excluding steroid dienone is 2. The van der Waals surface area contributed by atoms with Crippen molar-refractivity contribution in [3.05, 3.63) is 90.7 Å². The number of aromatic hydroxyl groups is 1. The van der Waals surface area contributed by atoms with Gasteiger partial charge in [-0.05, 0) is 108 Å². The van der Waals surface area contributed by atoms with Crippen LogP contribution in [-0.2, 0) is 19.2 Å². The van der Waals surface area contributed by atoms with Crippen molar-refractivity contribution >= 4 is 85.1 Å². The summed E-state index contributed by atoms with van der Waals surface area (Å²) in [7, 11) is 1.43. The average Bonchev–Trinajstić information content (AvgIpc) is 3.40. The lowest BCUT2D eigenvalue weighted by Crippen LogP contribution is -2.48. The first-order valence-corrected chi connectivity index (χ1v) is 16.9. The second-order valence-corrected chi connectivity index (χ2v) is 14.8. The lowest BCUT2D eigenvalue weighted by atomic mass is 9.51. The molecule has 3 aromatic rings. The van der Waals surface area contributed by atoms with Gasteiger partial charge in [0.15, 0.2) is 11.5 Å². The van der Waals surface area contributed by atoms with Crippen molar-refractivity contribution in [1.82, 2.24) is 0 Å². The number of nitrogens with zero attached hydrogens (tertiary/aromatic N) is 2. The van der Waals surface area contributed by atoms with E-state index >= 15 is 0 Å². The summed E-state index contributed by atoms with van der Waals surface area (Å²) in [5, 5.41) is 10.4. The van der Waals surface area contributed by atoms with Crippen molar-refractivity contribution in [2.24, 2.45) is 29.1 Å². The zero-order valence-electron chi connectivity index (χ0n) is 24.5. The standard InChI is InChI=1S/C34H26BrClFIN2O6/c1-34-22(31(43)40(33(34)45)18-7-10-24(37)23(36)13-18)14-21-19(28(34)15-11-25(38)29(41)26(12-15)46-2)8-9-20-27(21)32(44)39(30(20)42)17-5-3-16(35)4-6-17/h3-8,10-13,20-22,27-28,41H,9,14H2,1-2H3. The number of amides is 4. The van der Waals surface area contributed by atoms with Crippen LogP contribution in [0.3, 0.4) is 0 Å². The van der Waals surface area contributed by atoms with Crippen molar-refractivity contribution in [2.75, 3.05) is 16.9 Å². The third-order valence-corrected chi connectivity index (χ3v) is 11.8. The molecule has 1 saturated carbocycles. The van der Waals surface area contributed by atoms with Crippen molar-refractivity contribution in [3.8, 4) is 11.5 Å². The van der Waals surface area contributed by atoms with Gasteiger partial charge in [-0.2, -0.15) is 0 Å². The Morgan fingerprint density at radius 2 is 1.67 bits per heavy atom. The number of carbonyl (C=O) groups excluding carboxylic acids is 4. The Morgan fingerprint density at radius 3 is 2.35 bits per heavy atom. The van der Waals surface area contributed by atoms with Crippen LogP contribution < -0.4 is 14.5 Å². The van der Waals surface area contributed by atoms with Crippen LogP contribution in [0.2, 0.25) is 5.02 Å². The summed E-state index contributed by atoms with van der Waals surface area (Å²) in [6.45, 7) is 1.75. The Hall–Kier alpha value is -3.29. The van der Waals surface area contributed by atoms with Gasteiger partial charge >= 0.3 is 0 Å². The molecule has 6 atom stereocenters. The summed E-state index contributed by atoms with van der Waals surface area (Å²) in [6.07, 6.45) is 2.40. The van der Waals surface area contributed by atoms with Gasteiger partial charge in [0, 0.05) is 10.4 Å². The Morgan fingerprint density at radius 1 is 0.978 bits per heavy atom. The van der Waals surface area contributed by atoms with Gasteiger partial charge in [0.2, 0.25) is 23.6 Å². The Bertz CT molecular complexity index is 1900. The SMILES string of the molecule is COc1cc(C2C3=CCC4C(=O)N(c5ccc(Br)cc5)C(=O)C4C3CC3C(=O)N(c4ccc(F)c(Cl)c4)C(=O)C32C)cc(I)c1O. The number of hydrogen-bond acceptors (Lipinski definition) is 6. The molecule has 4 amide bonds. The Kier molecular flexibility index (Phi) is 7.60. The molecule has 2 aliphatic carbocycles. The first-order chi connectivity index (χ1) is 21.9. The molecule has 46 heavy (non-hydrogen) atoms. The molecule has 236 valence electrons. The minimum atomic E-state index is -1.32. The molecule has 1 N–H and O–H groups in total. The third-order valence-electron chi connectivity index (χ3n) is 10.1. The number of hydrogen-bond donors (Lipinski definition) is 1. The number of imide groups is 2. The van der Waals surface area contributed by atoms with E-state index in [2.05, 4.69) is 15.9 Å². The van der Waals surface area contributed by atoms with E-state index in [-0.39, 0.29) is 46.9 Å². The highest BCUT2D eigenvalue weighted by Crippen LogP contribution is 2.64. The molecule has 3 fully saturated rings. The lowest BCUT2D eigenvalue weighted by Gasteiger charge is -2.49. The quantitative estimate of drug-likeness (QED) is 0.173. The molecular weight excluding hydrogens is 794 g/mol. The van der Waals surface area contributed by atoms with Crippen LogP contribution >= 0.6 is 50.1 Å². The Balaban J connectivity index is 1.39. The Labute approximate surface area is 290 Å². The number of ether oxygens (including phenoxy) is 1. The molecule has 7 rings (SSSR count). The maximum absolute atomic E-state index is 14.6. The molecule has 0 aromatic heterocycles. The first kappa shape index (κ1) is 31.3. The lowest BCUT2D eigenvalue weighted by molar-refractivity contribution is -0.131. The van der Waals surface area contributed by atoms with Crippen molar-refractivity contribution in [3.63, 3.8) is 0 Å². The van der Waals surface area contributed by atoms with E-state index in [1.807, 2.05) is 28.7 Å². The third kappa shape index (κ3) is 4.41. The summed E-state index contributed by atoms with van der Waals surface area (Å²) in [4.78, 5) is 59.2. The van der Waals surface area contributed by atoms with E-state index in [1.165, 1.54) is 24.1 Å². The van der Waals surface area contributed by atoms with Crippen LogP contribution in [0.15, 0.2) is 70.7 Å². The number of phenols is 1. The molecule has 12 heteroatoms. The molecule has 8 nitrogen and oxygen atoms in total. The maximum atomic E-state index is 14.6. The topological polar surface area (TPSA) is 104 Å². The number of anilines is 2. The van der Waals surface area contributed by atoms with E-state index in [0.29, 0.717) is 14.8 Å². The van der Waals surface area contributed by atoms with E-state index in [4.69, 9.17) is 16.3 Å². The highest BCUT2D eigenvalue weighted by Gasteiger charge is 2.67. The number of benzene rings is 3. The van der Waals surface area contributed by atoms with Gasteiger partial charge in [0.25, 0.3) is 0 Å². The molecule has 2 heterocycles. The number of methoxy groups -OCH3 is 1. The highest BCUT2D eigenvalue weighted by molar-refractivity contribution is 14.1. The van der Waals surface area contributed by atoms with Crippen LogP contribution in [0.1, 0.15) is 31.2 Å². The van der Waals surface area contributed by atoms with Gasteiger partial charge in [-0.1, -0.05) is 39.2 Å². The predicted molar refractivity (Wildman–Crippen MR) is 180 cm³/mol. The number of fused-ring (bicyclic) bond motifs is 4. The second kappa shape index (κ2) is 11.2. The summed E-state index contributed by atoms with van der Waals surface area (Å²) in [5.41, 5.74) is 0.715. The first-order valence-electron chi connectivity index (χ1n) is 14.6. The molecule has 0 bridgehead atoms. The van der Waals surface area contributed by atoms with Gasteiger partial charge in [-0.3, -0.25) is 24.1 Å². The van der Waals surface area contributed by atoms with Gasteiger partial charge in [0.05, 0.1) is 50.2 Å². The second-order valence-electron chi connectivity index (χ2n) is 12.3. The van der Waals surface area contributed by atoms with Gasteiger partial charge < -0.3 is 9.84 Å². The van der Waals surface area contributed by atoms with Gasteiger partial charge in [-0.25, -0.2) is 9.29 Å². The molecular formula is C34H26BrClFIN2O6. The number of carbonyl (C=O) groups is 4. The van der Waals surface area contributed by atoms with Crippen LogP contribution in [0, 0.1) is 38.5 Å². The number of halogens is 4. The summed E-state index contributed by atoms with van der Waals surface area (Å²) in [6, 6.07) is 14.1. The van der Waals surface area contributed by atoms with E-state index in [1.54, 1.807) is 43.3 Å². The zero-order valence-corrected chi connectivity index (χ0v) is 29.0. The fourth-order valence-corrected chi connectivity index (χ4v) is 9.09. The van der Waals surface area contributed by atoms with Crippen LogP contribution in [-0.4, -0.2) is 35.8 Å². The van der Waals surface area contributed by atoms with E-state index in [0.717, 1.165) is 21.0 Å². The molecule has 3 aromatic carbocycles. The summed E-state index contributed by atoms with van der Waals surface area (Å²) in [5.74, 6) is -5.61. The fraction of sp³-hybridized carbons (Fsp3) is 0.294. The largest absolute Gasteiger partial charge is 0.504 e. The van der Waals surface area contributed by atoms with Crippen LogP contribution in [0.4, 0.5) is 15.8 Å². The zero-order chi connectivity index (χ0) is 32.8. The van der Waals surface area contributed by atoms with Crippen molar-refractivity contribution in [2.45, 2.75) is 25.7 Å². The summed E-state index contributed by atoms with van der Waals surface area (Å²) < 4.78 is 20.9. The van der Waals surface area contributed by atoms with Crippen LogP contribution in [0.5, 0.6) is 11.5 Å². The minimum absolute atomic E-state index is 0.0586. The number of phenolic OH excluding ortho intramolecular Hbond substituents is 1. The van der Waals surface area contributed by atoms with Crippen molar-refractivity contribution < 1.29 is 33.4 Å². The highest BCUT2D eigenvalue weighted by atomic mass is 127. The molecule has 4 aliphatic rings. The van der Waals surface area contributed by atoms with Crippen molar-refractivity contribution in [1.29, 1.82) is 0 Å². The normalized spacial score (nSPS) is 28.7.